The third-order valence-electron chi connectivity index (χ3n) is 4.85. The molecule has 1 aliphatic carbocycles. The number of nitrogens with zero attached hydrogens (tertiary/aromatic N) is 3. The molecule has 1 N–H and O–H groups in total. The van der Waals surface area contributed by atoms with Gasteiger partial charge in [0, 0.05) is 31.4 Å². The topological polar surface area (TPSA) is 33.1 Å². The van der Waals surface area contributed by atoms with Crippen molar-refractivity contribution in [2.75, 3.05) is 19.6 Å². The summed E-state index contributed by atoms with van der Waals surface area (Å²) in [5.74, 6) is 0.885. The summed E-state index contributed by atoms with van der Waals surface area (Å²) in [4.78, 5) is 7.04. The number of hydrogen-bond acceptors (Lipinski definition) is 3. The molecule has 18 heavy (non-hydrogen) atoms. The molecule has 0 radical (unpaired) electrons. The van der Waals surface area contributed by atoms with Gasteiger partial charge in [0.2, 0.25) is 0 Å². The maximum absolute atomic E-state index is 4.36. The average Bonchev–Trinajstić information content (AvgIpc) is 2.93. The molecular formula is C14H22N4. The summed E-state index contributed by atoms with van der Waals surface area (Å²) in [5.41, 5.74) is 1.42. The minimum absolute atomic E-state index is 0.754. The van der Waals surface area contributed by atoms with Crippen LogP contribution in [0.2, 0.25) is 0 Å². The largest absolute Gasteiger partial charge is 0.330 e. The fourth-order valence-electron chi connectivity index (χ4n) is 3.70. The van der Waals surface area contributed by atoms with E-state index in [9.17, 15) is 0 Å². The smallest absolute Gasteiger partial charge is 0.0951 e. The number of fused-ring (bicyclic) bond motifs is 1. The van der Waals surface area contributed by atoms with Gasteiger partial charge in [-0.3, -0.25) is 4.90 Å². The Hall–Kier alpha value is -0.870. The van der Waals surface area contributed by atoms with Crippen LogP contribution in [0.3, 0.4) is 0 Å². The molecule has 3 heterocycles. The Labute approximate surface area is 108 Å². The summed E-state index contributed by atoms with van der Waals surface area (Å²) in [7, 11) is 0. The van der Waals surface area contributed by atoms with Crippen molar-refractivity contribution < 1.29 is 0 Å². The minimum atomic E-state index is 0.754. The lowest BCUT2D eigenvalue weighted by atomic mass is 9.92. The normalized spacial score (nSPS) is 32.7. The molecule has 3 fully saturated rings. The summed E-state index contributed by atoms with van der Waals surface area (Å²) in [5, 5.41) is 3.56. The van der Waals surface area contributed by atoms with Gasteiger partial charge in [0.1, 0.15) is 0 Å². The van der Waals surface area contributed by atoms with Crippen molar-refractivity contribution in [1.82, 2.24) is 19.8 Å². The van der Waals surface area contributed by atoms with Crippen molar-refractivity contribution in [3.63, 3.8) is 0 Å². The van der Waals surface area contributed by atoms with E-state index in [1.54, 1.807) is 0 Å². The fraction of sp³-hybridized carbons (Fsp3) is 0.786. The Kier molecular flexibility index (Phi) is 2.66. The number of likely N-dealkylation sites (tertiary alicyclic amines) is 1. The van der Waals surface area contributed by atoms with Crippen LogP contribution in [-0.4, -0.2) is 40.1 Å². The SMILES string of the molecule is c1ncn(C2CC2)c1CN1CCCC2CNCC21. The van der Waals surface area contributed by atoms with Crippen LogP contribution in [0.25, 0.3) is 0 Å². The van der Waals surface area contributed by atoms with Crippen LogP contribution in [0, 0.1) is 5.92 Å². The van der Waals surface area contributed by atoms with E-state index in [4.69, 9.17) is 0 Å². The Morgan fingerprint density at radius 3 is 3.11 bits per heavy atom. The van der Waals surface area contributed by atoms with E-state index in [1.807, 2.05) is 6.33 Å². The molecule has 4 heteroatoms. The zero-order chi connectivity index (χ0) is 11.9. The van der Waals surface area contributed by atoms with Gasteiger partial charge < -0.3 is 9.88 Å². The molecule has 2 saturated heterocycles. The van der Waals surface area contributed by atoms with E-state index >= 15 is 0 Å². The second kappa shape index (κ2) is 4.35. The molecule has 98 valence electrons. The number of hydrogen-bond donors (Lipinski definition) is 1. The van der Waals surface area contributed by atoms with Gasteiger partial charge in [0.15, 0.2) is 0 Å². The highest BCUT2D eigenvalue weighted by Crippen LogP contribution is 2.36. The summed E-state index contributed by atoms with van der Waals surface area (Å²) >= 11 is 0. The van der Waals surface area contributed by atoms with Crippen LogP contribution in [-0.2, 0) is 6.54 Å². The monoisotopic (exact) mass is 246 g/mol. The summed E-state index contributed by atoms with van der Waals surface area (Å²) in [6, 6.07) is 1.52. The van der Waals surface area contributed by atoms with E-state index in [2.05, 4.69) is 26.0 Å². The molecule has 2 aliphatic heterocycles. The molecule has 1 aromatic heterocycles. The van der Waals surface area contributed by atoms with Crippen molar-refractivity contribution in [1.29, 1.82) is 0 Å². The lowest BCUT2D eigenvalue weighted by Gasteiger charge is -2.37. The third-order valence-corrected chi connectivity index (χ3v) is 4.85. The fourth-order valence-corrected chi connectivity index (χ4v) is 3.70. The molecule has 1 saturated carbocycles. The van der Waals surface area contributed by atoms with Crippen molar-refractivity contribution in [3.8, 4) is 0 Å². The van der Waals surface area contributed by atoms with E-state index in [1.165, 1.54) is 51.0 Å². The lowest BCUT2D eigenvalue weighted by Crippen LogP contribution is -2.44. The van der Waals surface area contributed by atoms with Gasteiger partial charge in [-0.15, -0.1) is 0 Å². The van der Waals surface area contributed by atoms with Gasteiger partial charge >= 0.3 is 0 Å². The average molecular weight is 246 g/mol. The first-order valence-corrected chi connectivity index (χ1v) is 7.37. The predicted molar refractivity (Wildman–Crippen MR) is 70.3 cm³/mol. The van der Waals surface area contributed by atoms with Gasteiger partial charge in [-0.2, -0.15) is 0 Å². The first-order valence-electron chi connectivity index (χ1n) is 7.37. The summed E-state index contributed by atoms with van der Waals surface area (Å²) < 4.78 is 2.41. The summed E-state index contributed by atoms with van der Waals surface area (Å²) in [6.07, 6.45) is 9.57. The van der Waals surface area contributed by atoms with Crippen molar-refractivity contribution in [3.05, 3.63) is 18.2 Å². The van der Waals surface area contributed by atoms with Crippen LogP contribution in [0.4, 0.5) is 0 Å². The highest BCUT2D eigenvalue weighted by molar-refractivity contribution is 5.05. The molecule has 0 amide bonds. The highest BCUT2D eigenvalue weighted by atomic mass is 15.2. The molecule has 4 nitrogen and oxygen atoms in total. The van der Waals surface area contributed by atoms with Crippen LogP contribution in [0.1, 0.15) is 37.4 Å². The van der Waals surface area contributed by atoms with Gasteiger partial charge in [-0.05, 0) is 44.7 Å². The number of rotatable bonds is 3. The van der Waals surface area contributed by atoms with Crippen molar-refractivity contribution in [2.24, 2.45) is 5.92 Å². The molecule has 1 aromatic rings. The number of nitrogens with one attached hydrogen (secondary N) is 1. The first-order chi connectivity index (χ1) is 8.92. The molecular weight excluding hydrogens is 224 g/mol. The van der Waals surface area contributed by atoms with E-state index in [0.717, 1.165) is 24.5 Å². The molecule has 0 spiro atoms. The Bertz CT molecular complexity index is 423. The Balaban J connectivity index is 1.51. The lowest BCUT2D eigenvalue weighted by molar-refractivity contribution is 0.114. The Morgan fingerprint density at radius 2 is 2.22 bits per heavy atom. The maximum atomic E-state index is 4.36. The van der Waals surface area contributed by atoms with Crippen LogP contribution < -0.4 is 5.32 Å². The second-order valence-corrected chi connectivity index (χ2v) is 6.12. The van der Waals surface area contributed by atoms with Crippen molar-refractivity contribution >= 4 is 0 Å². The highest BCUT2D eigenvalue weighted by Gasteiger charge is 2.35. The van der Waals surface area contributed by atoms with Gasteiger partial charge in [0.25, 0.3) is 0 Å². The molecule has 0 aromatic carbocycles. The first kappa shape index (κ1) is 11.0. The summed E-state index contributed by atoms with van der Waals surface area (Å²) in [6.45, 7) is 4.77. The quantitative estimate of drug-likeness (QED) is 0.875. The van der Waals surface area contributed by atoms with Gasteiger partial charge in [-0.1, -0.05) is 0 Å². The standard InChI is InChI=1S/C14H22N4/c1-2-11-6-15-8-14(11)17(5-1)9-13-7-16-10-18(13)12-3-4-12/h7,10-12,14-15H,1-6,8-9H2. The molecule has 2 unspecified atom stereocenters. The van der Waals surface area contributed by atoms with E-state index in [0.29, 0.717) is 0 Å². The van der Waals surface area contributed by atoms with Crippen LogP contribution in [0.5, 0.6) is 0 Å². The van der Waals surface area contributed by atoms with Crippen LogP contribution >= 0.6 is 0 Å². The van der Waals surface area contributed by atoms with Crippen LogP contribution in [0.15, 0.2) is 12.5 Å². The molecule has 4 rings (SSSR count). The number of piperidine rings is 1. The zero-order valence-electron chi connectivity index (χ0n) is 10.9. The maximum Gasteiger partial charge on any atom is 0.0951 e. The second-order valence-electron chi connectivity index (χ2n) is 6.12. The van der Waals surface area contributed by atoms with Crippen molar-refractivity contribution in [2.45, 2.75) is 44.3 Å². The van der Waals surface area contributed by atoms with E-state index < -0.39 is 0 Å². The van der Waals surface area contributed by atoms with Gasteiger partial charge in [0.05, 0.1) is 12.0 Å². The predicted octanol–water partition coefficient (Wildman–Crippen LogP) is 1.40. The molecule has 2 atom stereocenters. The van der Waals surface area contributed by atoms with E-state index in [-0.39, 0.29) is 0 Å². The molecule has 0 bridgehead atoms. The number of imidazole rings is 1. The zero-order valence-corrected chi connectivity index (χ0v) is 10.9. The number of aromatic nitrogens is 2. The van der Waals surface area contributed by atoms with Gasteiger partial charge in [-0.25, -0.2) is 4.98 Å². The Morgan fingerprint density at radius 1 is 1.28 bits per heavy atom. The minimum Gasteiger partial charge on any atom is -0.330 e. The molecule has 3 aliphatic rings. The third kappa shape index (κ3) is 1.88.